The number of carbonyl (C=O) groups is 2. The summed E-state index contributed by atoms with van der Waals surface area (Å²) >= 11 is 0. The van der Waals surface area contributed by atoms with Gasteiger partial charge in [0.1, 0.15) is 6.29 Å². The Balaban J connectivity index is 2.00. The van der Waals surface area contributed by atoms with E-state index in [9.17, 15) is 18.0 Å². The zero-order chi connectivity index (χ0) is 17.0. The number of rotatable bonds is 6. The Labute approximate surface area is 135 Å². The van der Waals surface area contributed by atoms with E-state index in [1.807, 2.05) is 0 Å². The molecule has 1 heterocycles. The van der Waals surface area contributed by atoms with Crippen molar-refractivity contribution in [3.05, 3.63) is 23.8 Å². The highest BCUT2D eigenvalue weighted by Crippen LogP contribution is 2.27. The van der Waals surface area contributed by atoms with Crippen molar-refractivity contribution in [3.8, 4) is 11.5 Å². The number of hydrogen-bond acceptors (Lipinski definition) is 6. The van der Waals surface area contributed by atoms with Gasteiger partial charge in [-0.1, -0.05) is 0 Å². The van der Waals surface area contributed by atoms with Crippen molar-refractivity contribution >= 4 is 22.0 Å². The van der Waals surface area contributed by atoms with Gasteiger partial charge in [0.15, 0.2) is 27.9 Å². The van der Waals surface area contributed by atoms with E-state index >= 15 is 0 Å². The van der Waals surface area contributed by atoms with Crippen LogP contribution in [0.1, 0.15) is 16.8 Å². The Kier molecular flexibility index (Phi) is 5.25. The van der Waals surface area contributed by atoms with E-state index in [4.69, 9.17) is 9.47 Å². The zero-order valence-corrected chi connectivity index (χ0v) is 13.8. The first-order valence-corrected chi connectivity index (χ1v) is 8.90. The fourth-order valence-electron chi connectivity index (χ4n) is 2.41. The molecule has 0 N–H and O–H groups in total. The SMILES string of the molecule is COc1ccc(C=O)cc1OCC(=O)N(C)[C@H]1CCS(=O)(=O)C1. The van der Waals surface area contributed by atoms with E-state index in [0.717, 1.165) is 0 Å². The number of hydrogen-bond donors (Lipinski definition) is 0. The summed E-state index contributed by atoms with van der Waals surface area (Å²) in [6.45, 7) is -0.258. The van der Waals surface area contributed by atoms with Crippen LogP contribution >= 0.6 is 0 Å². The van der Waals surface area contributed by atoms with Crippen LogP contribution in [0.4, 0.5) is 0 Å². The zero-order valence-electron chi connectivity index (χ0n) is 13.0. The number of carbonyl (C=O) groups excluding carboxylic acids is 2. The number of sulfone groups is 1. The molecule has 8 heteroatoms. The van der Waals surface area contributed by atoms with Crippen molar-refractivity contribution < 1.29 is 27.5 Å². The largest absolute Gasteiger partial charge is 0.493 e. The van der Waals surface area contributed by atoms with E-state index in [2.05, 4.69) is 0 Å². The minimum Gasteiger partial charge on any atom is -0.493 e. The lowest BCUT2D eigenvalue weighted by Crippen LogP contribution is -2.40. The van der Waals surface area contributed by atoms with Crippen LogP contribution < -0.4 is 9.47 Å². The number of likely N-dealkylation sites (N-methyl/N-ethyl adjacent to an activating group) is 1. The molecule has 0 saturated carbocycles. The molecule has 0 aliphatic carbocycles. The van der Waals surface area contributed by atoms with Gasteiger partial charge in [0, 0.05) is 18.7 Å². The fourth-order valence-corrected chi connectivity index (χ4v) is 4.18. The van der Waals surface area contributed by atoms with Crippen LogP contribution in [0, 0.1) is 0 Å². The van der Waals surface area contributed by atoms with Crippen molar-refractivity contribution in [1.29, 1.82) is 0 Å². The summed E-state index contributed by atoms with van der Waals surface area (Å²) in [7, 11) is -0.0302. The number of methoxy groups -OCH3 is 1. The lowest BCUT2D eigenvalue weighted by atomic mass is 10.2. The second-order valence-electron chi connectivity index (χ2n) is 5.38. The highest BCUT2D eigenvalue weighted by atomic mass is 32.2. The van der Waals surface area contributed by atoms with Gasteiger partial charge in [-0.15, -0.1) is 0 Å². The lowest BCUT2D eigenvalue weighted by Gasteiger charge is -2.23. The molecule has 2 rings (SSSR count). The first-order valence-electron chi connectivity index (χ1n) is 7.08. The minimum absolute atomic E-state index is 0.0147. The maximum Gasteiger partial charge on any atom is 0.260 e. The lowest BCUT2D eigenvalue weighted by molar-refractivity contribution is -0.133. The molecule has 1 aliphatic rings. The van der Waals surface area contributed by atoms with E-state index in [-0.39, 0.29) is 35.8 Å². The average Bonchev–Trinajstić information content (AvgIpc) is 2.91. The van der Waals surface area contributed by atoms with Gasteiger partial charge in [0.2, 0.25) is 0 Å². The van der Waals surface area contributed by atoms with Crippen LogP contribution in [-0.2, 0) is 14.6 Å². The van der Waals surface area contributed by atoms with Crippen molar-refractivity contribution in [2.75, 3.05) is 32.3 Å². The third-order valence-electron chi connectivity index (χ3n) is 3.82. The van der Waals surface area contributed by atoms with Crippen LogP contribution in [0.15, 0.2) is 18.2 Å². The first-order chi connectivity index (χ1) is 10.9. The van der Waals surface area contributed by atoms with Crippen LogP contribution in [0.5, 0.6) is 11.5 Å². The number of benzene rings is 1. The third-order valence-corrected chi connectivity index (χ3v) is 5.57. The molecule has 1 atom stereocenters. The maximum absolute atomic E-state index is 12.2. The predicted octanol–water partition coefficient (Wildman–Crippen LogP) is 0.532. The van der Waals surface area contributed by atoms with Crippen molar-refractivity contribution in [3.63, 3.8) is 0 Å². The van der Waals surface area contributed by atoms with Gasteiger partial charge in [-0.2, -0.15) is 0 Å². The molecule has 1 aliphatic heterocycles. The van der Waals surface area contributed by atoms with E-state index in [0.29, 0.717) is 24.0 Å². The topological polar surface area (TPSA) is 90.0 Å². The summed E-state index contributed by atoms with van der Waals surface area (Å²) in [5.41, 5.74) is 0.406. The van der Waals surface area contributed by atoms with Crippen molar-refractivity contribution in [2.24, 2.45) is 0 Å². The summed E-state index contributed by atoms with van der Waals surface area (Å²) in [6.07, 6.45) is 1.11. The van der Waals surface area contributed by atoms with Crippen LogP contribution in [0.25, 0.3) is 0 Å². The average molecular weight is 341 g/mol. The van der Waals surface area contributed by atoms with Crippen LogP contribution in [0.3, 0.4) is 0 Å². The highest BCUT2D eigenvalue weighted by Gasteiger charge is 2.32. The van der Waals surface area contributed by atoms with Gasteiger partial charge >= 0.3 is 0 Å². The molecule has 7 nitrogen and oxygen atoms in total. The first kappa shape index (κ1) is 17.3. The molecule has 1 amide bonds. The molecule has 0 spiro atoms. The molecule has 1 fully saturated rings. The highest BCUT2D eigenvalue weighted by molar-refractivity contribution is 7.91. The van der Waals surface area contributed by atoms with Gasteiger partial charge in [-0.25, -0.2) is 8.42 Å². The van der Waals surface area contributed by atoms with Crippen molar-refractivity contribution in [1.82, 2.24) is 4.90 Å². The van der Waals surface area contributed by atoms with Crippen molar-refractivity contribution in [2.45, 2.75) is 12.5 Å². The van der Waals surface area contributed by atoms with Gasteiger partial charge in [-0.3, -0.25) is 9.59 Å². The molecule has 0 unspecified atom stereocenters. The minimum atomic E-state index is -3.05. The van der Waals surface area contributed by atoms with Gasteiger partial charge in [0.05, 0.1) is 18.6 Å². The number of nitrogens with zero attached hydrogens (tertiary/aromatic N) is 1. The number of ether oxygens (including phenoxy) is 2. The fraction of sp³-hybridized carbons (Fsp3) is 0.467. The summed E-state index contributed by atoms with van der Waals surface area (Å²) < 4.78 is 33.5. The second-order valence-corrected chi connectivity index (χ2v) is 7.61. The molecule has 0 bridgehead atoms. The predicted molar refractivity (Wildman–Crippen MR) is 83.7 cm³/mol. The monoisotopic (exact) mass is 341 g/mol. The second kappa shape index (κ2) is 6.99. The molecule has 1 aromatic rings. The smallest absolute Gasteiger partial charge is 0.260 e. The Hall–Kier alpha value is -2.09. The molecule has 1 saturated heterocycles. The molecule has 0 radical (unpaired) electrons. The third kappa shape index (κ3) is 4.22. The Bertz CT molecular complexity index is 700. The van der Waals surface area contributed by atoms with E-state index in [1.165, 1.54) is 18.1 Å². The summed E-state index contributed by atoms with van der Waals surface area (Å²) in [5, 5.41) is 0. The molecule has 0 aromatic heterocycles. The van der Waals surface area contributed by atoms with Crippen LogP contribution in [0.2, 0.25) is 0 Å². The molecular formula is C15H19NO6S. The van der Waals surface area contributed by atoms with Crippen LogP contribution in [-0.4, -0.2) is 63.8 Å². The summed E-state index contributed by atoms with van der Waals surface area (Å²) in [4.78, 5) is 24.4. The van der Waals surface area contributed by atoms with Gasteiger partial charge in [0.25, 0.3) is 5.91 Å². The standard InChI is InChI=1S/C15H19NO6S/c1-16(12-5-6-23(19,20)10-12)15(18)9-22-14-7-11(8-17)3-4-13(14)21-2/h3-4,7-8,12H,5-6,9-10H2,1-2H3/t12-/m0/s1. The summed E-state index contributed by atoms with van der Waals surface area (Å²) in [5.74, 6) is 0.461. The molecule has 23 heavy (non-hydrogen) atoms. The molecular weight excluding hydrogens is 322 g/mol. The number of amides is 1. The Morgan fingerprint density at radius 1 is 1.39 bits per heavy atom. The maximum atomic E-state index is 12.2. The van der Waals surface area contributed by atoms with E-state index in [1.54, 1.807) is 19.2 Å². The normalized spacial score (nSPS) is 19.1. The molecule has 1 aromatic carbocycles. The Morgan fingerprint density at radius 2 is 2.13 bits per heavy atom. The quantitative estimate of drug-likeness (QED) is 0.701. The van der Waals surface area contributed by atoms with E-state index < -0.39 is 9.84 Å². The van der Waals surface area contributed by atoms with Gasteiger partial charge in [-0.05, 0) is 24.6 Å². The number of aldehydes is 1. The summed E-state index contributed by atoms with van der Waals surface area (Å²) in [6, 6.07) is 4.32. The molecule has 126 valence electrons. The Morgan fingerprint density at radius 3 is 2.70 bits per heavy atom. The van der Waals surface area contributed by atoms with Gasteiger partial charge < -0.3 is 14.4 Å².